The summed E-state index contributed by atoms with van der Waals surface area (Å²) in [6.45, 7) is 1.99. The number of sulfonamides is 1. The molecule has 1 saturated heterocycles. The summed E-state index contributed by atoms with van der Waals surface area (Å²) in [5, 5.41) is 3.23. The van der Waals surface area contributed by atoms with Gasteiger partial charge in [0.2, 0.25) is 5.91 Å². The summed E-state index contributed by atoms with van der Waals surface area (Å²) < 4.78 is 59.3. The normalized spacial score (nSPS) is 14.9. The van der Waals surface area contributed by atoms with Crippen molar-refractivity contribution in [1.82, 2.24) is 4.90 Å². The van der Waals surface area contributed by atoms with Gasteiger partial charge in [0, 0.05) is 24.5 Å². The number of nitrogens with one attached hydrogen (secondary N) is 2. The van der Waals surface area contributed by atoms with E-state index < -0.39 is 32.6 Å². The lowest BCUT2D eigenvalue weighted by Crippen LogP contribution is -2.44. The van der Waals surface area contributed by atoms with Gasteiger partial charge in [0.05, 0.1) is 18.1 Å². The number of amides is 1. The van der Waals surface area contributed by atoms with Crippen LogP contribution in [0.5, 0.6) is 0 Å². The Kier molecular flexibility index (Phi) is 7.09. The highest BCUT2D eigenvalue weighted by Gasteiger charge is 2.27. The van der Waals surface area contributed by atoms with E-state index >= 15 is 0 Å². The number of nitrogens with zero attached hydrogens (tertiary/aromatic N) is 1. The summed E-state index contributed by atoms with van der Waals surface area (Å²) in [6.07, 6.45) is 0. The maximum atomic E-state index is 13.4. The molecule has 1 amide bonds. The van der Waals surface area contributed by atoms with E-state index in [4.69, 9.17) is 4.74 Å². The van der Waals surface area contributed by atoms with Gasteiger partial charge in [-0.1, -0.05) is 30.3 Å². The van der Waals surface area contributed by atoms with Crippen LogP contribution in [0.15, 0.2) is 77.7 Å². The first-order chi connectivity index (χ1) is 16.3. The minimum atomic E-state index is -4.11. The number of rotatable bonds is 7. The monoisotopic (exact) mass is 487 g/mol. The van der Waals surface area contributed by atoms with Crippen LogP contribution in [0.2, 0.25) is 0 Å². The average molecular weight is 488 g/mol. The maximum Gasteiger partial charge on any atom is 0.261 e. The first-order valence-electron chi connectivity index (χ1n) is 10.6. The van der Waals surface area contributed by atoms with E-state index in [0.717, 1.165) is 17.7 Å². The smallest absolute Gasteiger partial charge is 0.261 e. The van der Waals surface area contributed by atoms with Gasteiger partial charge in [0.25, 0.3) is 10.0 Å². The van der Waals surface area contributed by atoms with Crippen LogP contribution in [0.4, 0.5) is 20.2 Å². The van der Waals surface area contributed by atoms with Crippen molar-refractivity contribution in [3.05, 3.63) is 90.0 Å². The summed E-state index contributed by atoms with van der Waals surface area (Å²) in [4.78, 5) is 14.6. The Balaban J connectivity index is 1.51. The number of hydrogen-bond donors (Lipinski definition) is 2. The van der Waals surface area contributed by atoms with Gasteiger partial charge in [-0.25, -0.2) is 17.2 Å². The van der Waals surface area contributed by atoms with Crippen LogP contribution >= 0.6 is 0 Å². The number of anilines is 2. The fourth-order valence-corrected chi connectivity index (χ4v) is 4.63. The number of carbonyl (C=O) groups excluding carboxylic acids is 1. The molecule has 0 aromatic heterocycles. The lowest BCUT2D eigenvalue weighted by Gasteiger charge is -2.31. The molecule has 10 heteroatoms. The maximum absolute atomic E-state index is 13.4. The topological polar surface area (TPSA) is 87.7 Å². The third kappa shape index (κ3) is 5.52. The van der Waals surface area contributed by atoms with Crippen molar-refractivity contribution in [2.45, 2.75) is 10.9 Å². The van der Waals surface area contributed by atoms with Gasteiger partial charge in [-0.05, 0) is 48.0 Å². The molecule has 2 N–H and O–H groups in total. The zero-order valence-corrected chi connectivity index (χ0v) is 18.9. The zero-order chi connectivity index (χ0) is 24.1. The van der Waals surface area contributed by atoms with E-state index in [1.807, 2.05) is 30.3 Å². The van der Waals surface area contributed by atoms with Crippen LogP contribution in [-0.2, 0) is 19.6 Å². The zero-order valence-electron chi connectivity index (χ0n) is 18.1. The van der Waals surface area contributed by atoms with Crippen LogP contribution in [0, 0.1) is 11.6 Å². The third-order valence-corrected chi connectivity index (χ3v) is 6.73. The van der Waals surface area contributed by atoms with E-state index in [1.54, 1.807) is 17.0 Å². The Morgan fingerprint density at radius 2 is 1.53 bits per heavy atom. The summed E-state index contributed by atoms with van der Waals surface area (Å²) >= 11 is 0. The first kappa shape index (κ1) is 23.7. The number of halogens is 2. The van der Waals surface area contributed by atoms with Gasteiger partial charge in [-0.3, -0.25) is 9.52 Å². The molecule has 34 heavy (non-hydrogen) atoms. The lowest BCUT2D eigenvalue weighted by molar-refractivity contribution is -0.136. The predicted molar refractivity (Wildman–Crippen MR) is 124 cm³/mol. The number of morpholine rings is 1. The molecule has 1 heterocycles. The highest BCUT2D eigenvalue weighted by Crippen LogP contribution is 2.25. The van der Waals surface area contributed by atoms with Crippen LogP contribution in [-0.4, -0.2) is 45.5 Å². The molecule has 1 fully saturated rings. The SMILES string of the molecule is O=C([C@H](Nc1ccc(NS(=O)(=O)c2ccc(F)c(F)c2)cc1)c1ccccc1)N1CCOCC1. The highest BCUT2D eigenvalue weighted by molar-refractivity contribution is 7.92. The van der Waals surface area contributed by atoms with Crippen molar-refractivity contribution in [3.8, 4) is 0 Å². The van der Waals surface area contributed by atoms with E-state index in [1.165, 1.54) is 12.1 Å². The van der Waals surface area contributed by atoms with Crippen molar-refractivity contribution in [3.63, 3.8) is 0 Å². The van der Waals surface area contributed by atoms with Crippen molar-refractivity contribution in [2.24, 2.45) is 0 Å². The molecule has 1 atom stereocenters. The first-order valence-corrected chi connectivity index (χ1v) is 12.1. The van der Waals surface area contributed by atoms with Crippen LogP contribution in [0.3, 0.4) is 0 Å². The van der Waals surface area contributed by atoms with E-state index in [-0.39, 0.29) is 11.6 Å². The van der Waals surface area contributed by atoms with Crippen LogP contribution in [0.1, 0.15) is 11.6 Å². The molecule has 0 spiro atoms. The van der Waals surface area contributed by atoms with E-state index in [2.05, 4.69) is 10.0 Å². The molecule has 1 aliphatic rings. The Bertz CT molecular complexity index is 1250. The van der Waals surface area contributed by atoms with Crippen molar-refractivity contribution >= 4 is 27.3 Å². The second kappa shape index (κ2) is 10.2. The molecule has 0 unspecified atom stereocenters. The molecule has 3 aromatic rings. The molecule has 0 saturated carbocycles. The van der Waals surface area contributed by atoms with Crippen molar-refractivity contribution in [2.75, 3.05) is 36.3 Å². The molecule has 3 aromatic carbocycles. The Labute approximate surface area is 196 Å². The minimum absolute atomic E-state index is 0.0855. The second-order valence-corrected chi connectivity index (χ2v) is 9.37. The number of hydrogen-bond acceptors (Lipinski definition) is 5. The molecule has 178 valence electrons. The second-order valence-electron chi connectivity index (χ2n) is 7.68. The molecule has 0 bridgehead atoms. The Morgan fingerprint density at radius 1 is 0.882 bits per heavy atom. The molecule has 7 nitrogen and oxygen atoms in total. The summed E-state index contributed by atoms with van der Waals surface area (Å²) in [7, 11) is -4.11. The van der Waals surface area contributed by atoms with Crippen LogP contribution in [0.25, 0.3) is 0 Å². The average Bonchev–Trinajstić information content (AvgIpc) is 2.85. The predicted octanol–water partition coefficient (Wildman–Crippen LogP) is 3.78. The molecule has 4 rings (SSSR count). The summed E-state index contributed by atoms with van der Waals surface area (Å²) in [6, 6.07) is 17.3. The van der Waals surface area contributed by atoms with Gasteiger partial charge in [-0.15, -0.1) is 0 Å². The standard InChI is InChI=1S/C24H23F2N3O4S/c25-21-11-10-20(16-22(21)26)34(31,32)28-19-8-6-18(7-9-19)27-23(17-4-2-1-3-5-17)24(30)29-12-14-33-15-13-29/h1-11,16,23,27-28H,12-15H2/t23-/m1/s1. The van der Waals surface area contributed by atoms with Crippen molar-refractivity contribution < 1.29 is 26.7 Å². The van der Waals surface area contributed by atoms with Gasteiger partial charge in [-0.2, -0.15) is 0 Å². The fourth-order valence-electron chi connectivity index (χ4n) is 3.56. The van der Waals surface area contributed by atoms with Gasteiger partial charge < -0.3 is 15.0 Å². The Morgan fingerprint density at radius 3 is 2.18 bits per heavy atom. The summed E-state index contributed by atoms with van der Waals surface area (Å²) in [5.41, 5.74) is 1.62. The number of ether oxygens (including phenoxy) is 1. The molecule has 0 radical (unpaired) electrons. The van der Waals surface area contributed by atoms with Gasteiger partial charge >= 0.3 is 0 Å². The third-order valence-electron chi connectivity index (χ3n) is 5.35. The lowest BCUT2D eigenvalue weighted by atomic mass is 10.0. The molecular formula is C24H23F2N3O4S. The molecule has 0 aliphatic carbocycles. The van der Waals surface area contributed by atoms with E-state index in [0.29, 0.717) is 38.1 Å². The minimum Gasteiger partial charge on any atom is -0.378 e. The molecule has 1 aliphatic heterocycles. The number of carbonyl (C=O) groups is 1. The number of benzene rings is 3. The van der Waals surface area contributed by atoms with E-state index in [9.17, 15) is 22.0 Å². The quantitative estimate of drug-likeness (QED) is 0.530. The fraction of sp³-hybridized carbons (Fsp3) is 0.208. The highest BCUT2D eigenvalue weighted by atomic mass is 32.2. The van der Waals surface area contributed by atoms with Gasteiger partial charge in [0.15, 0.2) is 11.6 Å². The van der Waals surface area contributed by atoms with Crippen LogP contribution < -0.4 is 10.0 Å². The van der Waals surface area contributed by atoms with Crippen molar-refractivity contribution in [1.29, 1.82) is 0 Å². The van der Waals surface area contributed by atoms with Gasteiger partial charge in [0.1, 0.15) is 6.04 Å². The molecular weight excluding hydrogens is 464 g/mol. The Hall–Kier alpha value is -3.50. The largest absolute Gasteiger partial charge is 0.378 e. The summed E-state index contributed by atoms with van der Waals surface area (Å²) in [5.74, 6) is -2.47.